The summed E-state index contributed by atoms with van der Waals surface area (Å²) in [6.07, 6.45) is 0. The van der Waals surface area contributed by atoms with Crippen LogP contribution in [0.25, 0.3) is 22.2 Å². The zero-order chi connectivity index (χ0) is 28.8. The number of fused-ring (bicyclic) bond motifs is 1. The minimum Gasteiger partial charge on any atom is -0.488 e. The van der Waals surface area contributed by atoms with E-state index in [1.54, 1.807) is 18.2 Å². The van der Waals surface area contributed by atoms with Gasteiger partial charge in [-0.15, -0.1) is 0 Å². The molecule has 0 aliphatic carbocycles. The van der Waals surface area contributed by atoms with Gasteiger partial charge in [-0.25, -0.2) is 4.63 Å². The molecule has 1 heterocycles. The van der Waals surface area contributed by atoms with Gasteiger partial charge < -0.3 is 19.7 Å². The van der Waals surface area contributed by atoms with E-state index < -0.39 is 18.6 Å². The van der Waals surface area contributed by atoms with Crippen LogP contribution in [0.1, 0.15) is 22.3 Å². The van der Waals surface area contributed by atoms with Gasteiger partial charge in [0.1, 0.15) is 30.5 Å². The van der Waals surface area contributed by atoms with Crippen LogP contribution in [0.2, 0.25) is 5.02 Å². The van der Waals surface area contributed by atoms with Gasteiger partial charge in [0, 0.05) is 23.2 Å². The van der Waals surface area contributed by atoms with Gasteiger partial charge >= 0.3 is 5.97 Å². The number of aliphatic hydroxyl groups is 1. The number of carboxylic acid groups (broad SMARTS) is 1. The second kappa shape index (κ2) is 12.8. The summed E-state index contributed by atoms with van der Waals surface area (Å²) < 4.78 is 17.5. The maximum absolute atomic E-state index is 11.5. The third-order valence-electron chi connectivity index (χ3n) is 6.77. The van der Waals surface area contributed by atoms with Crippen molar-refractivity contribution in [3.8, 4) is 22.6 Å². The molecule has 3 N–H and O–H groups in total. The van der Waals surface area contributed by atoms with Crippen LogP contribution in [0.5, 0.6) is 11.5 Å². The van der Waals surface area contributed by atoms with Gasteiger partial charge in [-0.1, -0.05) is 72.3 Å². The minimum absolute atomic E-state index is 0.0195. The van der Waals surface area contributed by atoms with Crippen LogP contribution in [0.3, 0.4) is 0 Å². The maximum Gasteiger partial charge on any atom is 0.323 e. The molecular formula is C31H28ClN3O6. The molecule has 210 valence electrons. The minimum atomic E-state index is -1.18. The van der Waals surface area contributed by atoms with Gasteiger partial charge in [-0.05, 0) is 57.2 Å². The van der Waals surface area contributed by atoms with E-state index in [9.17, 15) is 15.0 Å². The quantitative estimate of drug-likeness (QED) is 0.176. The molecule has 0 aliphatic rings. The molecule has 5 rings (SSSR count). The lowest BCUT2D eigenvalue weighted by atomic mass is 9.97. The molecule has 1 aromatic heterocycles. The fourth-order valence-corrected chi connectivity index (χ4v) is 4.73. The number of halogens is 1. The highest BCUT2D eigenvalue weighted by atomic mass is 35.5. The Morgan fingerprint density at radius 3 is 2.46 bits per heavy atom. The van der Waals surface area contributed by atoms with Gasteiger partial charge in [0.05, 0.1) is 6.61 Å². The molecule has 1 atom stereocenters. The van der Waals surface area contributed by atoms with Gasteiger partial charge in [0.25, 0.3) is 0 Å². The molecule has 0 aliphatic heterocycles. The van der Waals surface area contributed by atoms with E-state index >= 15 is 0 Å². The van der Waals surface area contributed by atoms with Crippen LogP contribution < -0.4 is 14.8 Å². The molecule has 0 spiro atoms. The summed E-state index contributed by atoms with van der Waals surface area (Å²) >= 11 is 6.14. The molecule has 5 aromatic rings. The number of aliphatic hydroxyl groups excluding tert-OH is 1. The first-order valence-electron chi connectivity index (χ1n) is 12.9. The van der Waals surface area contributed by atoms with Crippen molar-refractivity contribution < 1.29 is 29.1 Å². The zero-order valence-electron chi connectivity index (χ0n) is 22.2. The Bertz CT molecular complexity index is 1660. The number of nitrogens with zero attached hydrogens (tertiary/aromatic N) is 2. The maximum atomic E-state index is 11.5. The van der Waals surface area contributed by atoms with E-state index in [2.05, 4.69) is 40.8 Å². The van der Waals surface area contributed by atoms with Crippen LogP contribution in [0.4, 0.5) is 0 Å². The number of aromatic nitrogens is 2. The summed E-state index contributed by atoms with van der Waals surface area (Å²) in [5, 5.41) is 30.4. The Morgan fingerprint density at radius 2 is 1.71 bits per heavy atom. The number of carbonyl (C=O) groups is 1. The average molecular weight is 574 g/mol. The van der Waals surface area contributed by atoms with Crippen LogP contribution in [0.15, 0.2) is 83.5 Å². The Balaban J connectivity index is 1.46. The van der Waals surface area contributed by atoms with E-state index in [-0.39, 0.29) is 19.8 Å². The van der Waals surface area contributed by atoms with Gasteiger partial charge in [0.2, 0.25) is 0 Å². The molecule has 0 fully saturated rings. The lowest BCUT2D eigenvalue weighted by Crippen LogP contribution is -2.39. The smallest absolute Gasteiger partial charge is 0.323 e. The van der Waals surface area contributed by atoms with Crippen LogP contribution >= 0.6 is 11.6 Å². The number of ether oxygens (including phenoxy) is 2. The van der Waals surface area contributed by atoms with Crippen molar-refractivity contribution in [3.05, 3.63) is 106 Å². The first-order valence-corrected chi connectivity index (χ1v) is 13.3. The van der Waals surface area contributed by atoms with Gasteiger partial charge in [-0.3, -0.25) is 10.1 Å². The van der Waals surface area contributed by atoms with Crippen LogP contribution in [-0.2, 0) is 24.6 Å². The predicted octanol–water partition coefficient (Wildman–Crippen LogP) is 5.54. The van der Waals surface area contributed by atoms with E-state index in [1.165, 1.54) is 0 Å². The summed E-state index contributed by atoms with van der Waals surface area (Å²) in [7, 11) is 0. The second-order valence-electron chi connectivity index (χ2n) is 9.43. The second-order valence-corrected chi connectivity index (χ2v) is 9.87. The normalized spacial score (nSPS) is 11.9. The molecule has 0 radical (unpaired) electrons. The van der Waals surface area contributed by atoms with Crippen molar-refractivity contribution in [3.63, 3.8) is 0 Å². The summed E-state index contributed by atoms with van der Waals surface area (Å²) in [6.45, 7) is 1.93. The molecule has 0 saturated heterocycles. The molecule has 1 unspecified atom stereocenters. The monoisotopic (exact) mass is 573 g/mol. The fourth-order valence-electron chi connectivity index (χ4n) is 4.52. The lowest BCUT2D eigenvalue weighted by Gasteiger charge is -2.17. The Morgan fingerprint density at radius 1 is 0.951 bits per heavy atom. The van der Waals surface area contributed by atoms with Crippen molar-refractivity contribution >= 4 is 28.6 Å². The highest BCUT2D eigenvalue weighted by Crippen LogP contribution is 2.36. The van der Waals surface area contributed by atoms with E-state index in [1.807, 2.05) is 42.5 Å². The number of benzene rings is 4. The third-order valence-corrected chi connectivity index (χ3v) is 7.01. The number of carboxylic acids is 1. The molecule has 4 aromatic carbocycles. The van der Waals surface area contributed by atoms with E-state index in [0.717, 1.165) is 27.8 Å². The number of aliphatic carboxylic acids is 1. The van der Waals surface area contributed by atoms with E-state index in [0.29, 0.717) is 33.1 Å². The van der Waals surface area contributed by atoms with Crippen molar-refractivity contribution in [1.82, 2.24) is 15.6 Å². The average Bonchev–Trinajstić information content (AvgIpc) is 3.47. The first kappa shape index (κ1) is 28.1. The van der Waals surface area contributed by atoms with Crippen LogP contribution in [-0.4, -0.2) is 39.1 Å². The van der Waals surface area contributed by atoms with Crippen molar-refractivity contribution in [1.29, 1.82) is 0 Å². The van der Waals surface area contributed by atoms with E-state index in [4.69, 9.17) is 25.7 Å². The molecule has 41 heavy (non-hydrogen) atoms. The SMILES string of the molecule is Cc1c(COc2cc(OCc3cccc(Cl)c3)c(CNC(CO)C(=O)O)c3nonc23)cccc1-c1ccccc1. The summed E-state index contributed by atoms with van der Waals surface area (Å²) in [5.74, 6) is -0.392. The standard InChI is InChI=1S/C31H28ClN3O6/c1-19-22(10-6-12-24(19)21-8-3-2-4-9-21)18-40-28-14-27(39-17-20-7-5-11-23(32)13-20)25(29-30(28)35-41-34-29)15-33-26(16-36)31(37)38/h2-14,26,33,36H,15-18H2,1H3,(H,37,38). The fraction of sp³-hybridized carbons (Fsp3) is 0.194. The van der Waals surface area contributed by atoms with Crippen molar-refractivity contribution in [2.24, 2.45) is 0 Å². The van der Waals surface area contributed by atoms with Gasteiger partial charge in [0.15, 0.2) is 11.3 Å². The molecule has 0 bridgehead atoms. The molecule has 0 amide bonds. The molecule has 9 nitrogen and oxygen atoms in total. The third kappa shape index (κ3) is 6.49. The predicted molar refractivity (Wildman–Crippen MR) is 154 cm³/mol. The molecular weight excluding hydrogens is 546 g/mol. The Kier molecular flexibility index (Phi) is 8.79. The largest absolute Gasteiger partial charge is 0.488 e. The van der Waals surface area contributed by atoms with Gasteiger partial charge in [-0.2, -0.15) is 0 Å². The number of nitrogens with one attached hydrogen (secondary N) is 1. The topological polar surface area (TPSA) is 127 Å². The number of hydrogen-bond donors (Lipinski definition) is 3. The molecule has 0 saturated carbocycles. The number of hydrogen-bond acceptors (Lipinski definition) is 8. The highest BCUT2D eigenvalue weighted by Gasteiger charge is 2.23. The zero-order valence-corrected chi connectivity index (χ0v) is 23.0. The molecule has 10 heteroatoms. The first-order chi connectivity index (χ1) is 19.9. The van der Waals surface area contributed by atoms with Crippen molar-refractivity contribution in [2.75, 3.05) is 6.61 Å². The van der Waals surface area contributed by atoms with Crippen molar-refractivity contribution in [2.45, 2.75) is 32.7 Å². The Labute approximate surface area is 241 Å². The Hall–Kier alpha value is -4.44. The summed E-state index contributed by atoms with van der Waals surface area (Å²) in [6, 6.07) is 24.0. The summed E-state index contributed by atoms with van der Waals surface area (Å²) in [4.78, 5) is 11.5. The number of rotatable bonds is 12. The highest BCUT2D eigenvalue weighted by molar-refractivity contribution is 6.30. The lowest BCUT2D eigenvalue weighted by molar-refractivity contribution is -0.140. The summed E-state index contributed by atoms with van der Waals surface area (Å²) in [5.41, 5.74) is 6.39. The van der Waals surface area contributed by atoms with Crippen LogP contribution in [0, 0.1) is 6.92 Å².